The van der Waals surface area contributed by atoms with E-state index in [1.54, 1.807) is 0 Å². The molecule has 0 aromatic heterocycles. The Balaban J connectivity index is 2.87. The Morgan fingerprint density at radius 3 is 2.05 bits per heavy atom. The Bertz CT molecular complexity index is 461. The average Bonchev–Trinajstić information content (AvgIpc) is 2.25. The Labute approximate surface area is 115 Å². The van der Waals surface area contributed by atoms with Crippen LogP contribution in [-0.2, 0) is 11.0 Å². The number of benzene rings is 1. The fraction of sp³-hybridized carbons (Fsp3) is 0.500. The van der Waals surface area contributed by atoms with E-state index in [0.29, 0.717) is 5.69 Å². The van der Waals surface area contributed by atoms with E-state index in [1.165, 1.54) is 12.1 Å². The molecule has 0 aliphatic carbocycles. The van der Waals surface area contributed by atoms with Crippen molar-refractivity contribution in [2.45, 2.75) is 39.4 Å². The molecule has 20 heavy (non-hydrogen) atoms. The monoisotopic (exact) mass is 289 g/mol. The van der Waals surface area contributed by atoms with Gasteiger partial charge >= 0.3 is 12.1 Å². The smallest absolute Gasteiger partial charge is 0.416 e. The second-order valence-corrected chi connectivity index (χ2v) is 5.74. The summed E-state index contributed by atoms with van der Waals surface area (Å²) in [5.41, 5.74) is -0.589. The quantitative estimate of drug-likeness (QED) is 0.880. The molecule has 112 valence electrons. The topological polar surface area (TPSA) is 49.3 Å². The van der Waals surface area contributed by atoms with Crippen LogP contribution in [0.25, 0.3) is 0 Å². The van der Waals surface area contributed by atoms with Crippen molar-refractivity contribution in [3.8, 4) is 0 Å². The SMILES string of the molecule is CC(C)(C)C(CC(=O)O)Nc1ccc(C(F)(F)F)cc1. The first-order valence-electron chi connectivity index (χ1n) is 6.16. The molecule has 6 heteroatoms. The zero-order valence-electron chi connectivity index (χ0n) is 11.6. The Morgan fingerprint density at radius 2 is 1.70 bits per heavy atom. The molecule has 1 aromatic carbocycles. The number of carbonyl (C=O) groups is 1. The third-order valence-electron chi connectivity index (χ3n) is 2.98. The molecular formula is C14H18F3NO2. The number of carboxylic acid groups (broad SMARTS) is 1. The van der Waals surface area contributed by atoms with E-state index in [4.69, 9.17) is 5.11 Å². The Kier molecular flexibility index (Phi) is 4.68. The van der Waals surface area contributed by atoms with E-state index in [0.717, 1.165) is 12.1 Å². The van der Waals surface area contributed by atoms with Crippen molar-refractivity contribution < 1.29 is 23.1 Å². The third kappa shape index (κ3) is 4.75. The van der Waals surface area contributed by atoms with Crippen LogP contribution in [0.15, 0.2) is 24.3 Å². The molecule has 0 heterocycles. The molecule has 0 bridgehead atoms. The molecule has 0 aliphatic rings. The highest BCUT2D eigenvalue weighted by molar-refractivity contribution is 5.68. The average molecular weight is 289 g/mol. The van der Waals surface area contributed by atoms with Crippen LogP contribution in [-0.4, -0.2) is 17.1 Å². The van der Waals surface area contributed by atoms with Crippen molar-refractivity contribution in [3.05, 3.63) is 29.8 Å². The lowest BCUT2D eigenvalue weighted by Crippen LogP contribution is -2.36. The summed E-state index contributed by atoms with van der Waals surface area (Å²) in [5, 5.41) is 11.9. The molecule has 0 saturated carbocycles. The van der Waals surface area contributed by atoms with Crippen molar-refractivity contribution in [2.24, 2.45) is 5.41 Å². The molecule has 1 aromatic rings. The maximum Gasteiger partial charge on any atom is 0.416 e. The molecule has 0 amide bonds. The lowest BCUT2D eigenvalue weighted by atomic mass is 9.84. The van der Waals surface area contributed by atoms with Crippen molar-refractivity contribution in [3.63, 3.8) is 0 Å². The molecule has 1 unspecified atom stereocenters. The van der Waals surface area contributed by atoms with Gasteiger partial charge in [0, 0.05) is 11.7 Å². The van der Waals surface area contributed by atoms with Crippen LogP contribution >= 0.6 is 0 Å². The van der Waals surface area contributed by atoms with E-state index in [1.807, 2.05) is 20.8 Å². The van der Waals surface area contributed by atoms with Gasteiger partial charge in [0.2, 0.25) is 0 Å². The molecule has 0 fully saturated rings. The number of anilines is 1. The van der Waals surface area contributed by atoms with Gasteiger partial charge in [-0.2, -0.15) is 13.2 Å². The lowest BCUT2D eigenvalue weighted by molar-refractivity contribution is -0.138. The normalized spacial score (nSPS) is 13.9. The number of hydrogen-bond donors (Lipinski definition) is 2. The minimum atomic E-state index is -4.37. The molecule has 0 spiro atoms. The second kappa shape index (κ2) is 5.73. The molecule has 0 radical (unpaired) electrons. The van der Waals surface area contributed by atoms with Crippen LogP contribution in [0.2, 0.25) is 0 Å². The highest BCUT2D eigenvalue weighted by Crippen LogP contribution is 2.31. The van der Waals surface area contributed by atoms with Gasteiger partial charge < -0.3 is 10.4 Å². The van der Waals surface area contributed by atoms with Gasteiger partial charge in [0.1, 0.15) is 0 Å². The largest absolute Gasteiger partial charge is 0.481 e. The van der Waals surface area contributed by atoms with Crippen molar-refractivity contribution in [2.75, 3.05) is 5.32 Å². The summed E-state index contributed by atoms with van der Waals surface area (Å²) in [4.78, 5) is 10.8. The van der Waals surface area contributed by atoms with Crippen LogP contribution in [0.1, 0.15) is 32.8 Å². The van der Waals surface area contributed by atoms with Gasteiger partial charge in [0.15, 0.2) is 0 Å². The summed E-state index contributed by atoms with van der Waals surface area (Å²) >= 11 is 0. The number of hydrogen-bond acceptors (Lipinski definition) is 2. The molecular weight excluding hydrogens is 271 g/mol. The Hall–Kier alpha value is -1.72. The second-order valence-electron chi connectivity index (χ2n) is 5.74. The highest BCUT2D eigenvalue weighted by atomic mass is 19.4. The van der Waals surface area contributed by atoms with E-state index >= 15 is 0 Å². The predicted octanol–water partition coefficient (Wildman–Crippen LogP) is 4.01. The first kappa shape index (κ1) is 16.3. The van der Waals surface area contributed by atoms with Crippen LogP contribution in [0.5, 0.6) is 0 Å². The Morgan fingerprint density at radius 1 is 1.20 bits per heavy atom. The zero-order chi connectivity index (χ0) is 15.6. The van der Waals surface area contributed by atoms with E-state index in [9.17, 15) is 18.0 Å². The first-order chi connectivity index (χ1) is 9.00. The standard InChI is InChI=1S/C14H18F3NO2/c1-13(2,3)11(8-12(19)20)18-10-6-4-9(5-7-10)14(15,16)17/h4-7,11,18H,8H2,1-3H3,(H,19,20). The van der Waals surface area contributed by atoms with Crippen LogP contribution in [0.4, 0.5) is 18.9 Å². The van der Waals surface area contributed by atoms with Gasteiger partial charge in [-0.3, -0.25) is 4.79 Å². The summed E-state index contributed by atoms with van der Waals surface area (Å²) < 4.78 is 37.3. The summed E-state index contributed by atoms with van der Waals surface area (Å²) in [6.07, 6.45) is -4.48. The molecule has 1 rings (SSSR count). The van der Waals surface area contributed by atoms with Crippen LogP contribution in [0.3, 0.4) is 0 Å². The number of nitrogens with one attached hydrogen (secondary N) is 1. The fourth-order valence-electron chi connectivity index (χ4n) is 1.70. The molecule has 1 atom stereocenters. The van der Waals surface area contributed by atoms with E-state index < -0.39 is 17.7 Å². The van der Waals surface area contributed by atoms with Gasteiger partial charge in [0.05, 0.1) is 12.0 Å². The zero-order valence-corrected chi connectivity index (χ0v) is 11.6. The maximum atomic E-state index is 12.4. The van der Waals surface area contributed by atoms with Gasteiger partial charge in [-0.05, 0) is 29.7 Å². The maximum absolute atomic E-state index is 12.4. The van der Waals surface area contributed by atoms with Gasteiger partial charge in [-0.25, -0.2) is 0 Å². The minimum Gasteiger partial charge on any atom is -0.481 e. The third-order valence-corrected chi connectivity index (χ3v) is 2.98. The summed E-state index contributed by atoms with van der Waals surface area (Å²) in [7, 11) is 0. The molecule has 0 saturated heterocycles. The number of alkyl halides is 3. The van der Waals surface area contributed by atoms with Gasteiger partial charge in [-0.1, -0.05) is 20.8 Å². The number of halogens is 3. The fourth-order valence-corrected chi connectivity index (χ4v) is 1.70. The van der Waals surface area contributed by atoms with E-state index in [2.05, 4.69) is 5.32 Å². The highest BCUT2D eigenvalue weighted by Gasteiger charge is 2.30. The summed E-state index contributed by atoms with van der Waals surface area (Å²) in [5.74, 6) is -0.954. The van der Waals surface area contributed by atoms with E-state index in [-0.39, 0.29) is 17.9 Å². The number of aliphatic carboxylic acids is 1. The van der Waals surface area contributed by atoms with Crippen molar-refractivity contribution in [1.82, 2.24) is 0 Å². The summed E-state index contributed by atoms with van der Waals surface area (Å²) in [6, 6.07) is 4.19. The summed E-state index contributed by atoms with van der Waals surface area (Å²) in [6.45, 7) is 5.62. The van der Waals surface area contributed by atoms with Gasteiger partial charge in [-0.15, -0.1) is 0 Å². The number of rotatable bonds is 4. The van der Waals surface area contributed by atoms with Crippen LogP contribution < -0.4 is 5.32 Å². The minimum absolute atomic E-state index is 0.107. The number of carboxylic acids is 1. The molecule has 2 N–H and O–H groups in total. The van der Waals surface area contributed by atoms with Gasteiger partial charge in [0.25, 0.3) is 0 Å². The first-order valence-corrected chi connectivity index (χ1v) is 6.16. The lowest BCUT2D eigenvalue weighted by Gasteiger charge is -2.31. The van der Waals surface area contributed by atoms with Crippen LogP contribution in [0, 0.1) is 5.41 Å². The van der Waals surface area contributed by atoms with Crippen molar-refractivity contribution in [1.29, 1.82) is 0 Å². The van der Waals surface area contributed by atoms with Crippen molar-refractivity contribution >= 4 is 11.7 Å². The molecule has 3 nitrogen and oxygen atoms in total. The predicted molar refractivity (Wildman–Crippen MR) is 70.6 cm³/mol. The molecule has 0 aliphatic heterocycles.